The van der Waals surface area contributed by atoms with Crippen molar-refractivity contribution < 1.29 is 0 Å². The molecule has 2 aliphatic heterocycles. The number of hydrogen-bond donors (Lipinski definition) is 0. The lowest BCUT2D eigenvalue weighted by molar-refractivity contribution is 0.181. The Morgan fingerprint density at radius 1 is 1.26 bits per heavy atom. The van der Waals surface area contributed by atoms with Crippen LogP contribution in [0, 0.1) is 12.8 Å². The van der Waals surface area contributed by atoms with Gasteiger partial charge in [-0.15, -0.1) is 21.5 Å². The lowest BCUT2D eigenvalue weighted by Gasteiger charge is -2.27. The van der Waals surface area contributed by atoms with Gasteiger partial charge in [0.1, 0.15) is 11.6 Å². The van der Waals surface area contributed by atoms with Crippen molar-refractivity contribution in [3.8, 4) is 0 Å². The van der Waals surface area contributed by atoms with Gasteiger partial charge in [-0.2, -0.15) is 0 Å². The van der Waals surface area contributed by atoms with Crippen molar-refractivity contribution in [3.63, 3.8) is 0 Å². The number of hydrogen-bond acceptors (Lipinski definition) is 5. The van der Waals surface area contributed by atoms with E-state index in [4.69, 9.17) is 0 Å². The van der Waals surface area contributed by atoms with E-state index in [-0.39, 0.29) is 0 Å². The first-order chi connectivity index (χ1) is 11.1. The second-order valence-corrected chi connectivity index (χ2v) is 8.30. The van der Waals surface area contributed by atoms with Crippen LogP contribution < -0.4 is 0 Å². The van der Waals surface area contributed by atoms with E-state index in [2.05, 4.69) is 45.4 Å². The molecule has 2 atom stereocenters. The molecule has 1 saturated heterocycles. The van der Waals surface area contributed by atoms with E-state index in [0.29, 0.717) is 18.0 Å². The minimum atomic E-state index is 0.610. The van der Waals surface area contributed by atoms with E-state index < -0.39 is 0 Å². The SMILES string of the molecule is Cc1ncsc1CN1C2CCC1Cn1c(CC(C)C)nnc1C2. The Morgan fingerprint density at radius 3 is 2.83 bits per heavy atom. The minimum absolute atomic E-state index is 0.610. The summed E-state index contributed by atoms with van der Waals surface area (Å²) in [5, 5.41) is 8.99. The molecule has 0 radical (unpaired) electrons. The molecule has 0 aliphatic carbocycles. The fourth-order valence-electron chi connectivity index (χ4n) is 4.00. The van der Waals surface area contributed by atoms with E-state index in [1.165, 1.54) is 35.1 Å². The number of nitrogens with zero attached hydrogens (tertiary/aromatic N) is 5. The van der Waals surface area contributed by atoms with Crippen LogP contribution in [-0.4, -0.2) is 36.7 Å². The van der Waals surface area contributed by atoms with Crippen molar-refractivity contribution in [2.45, 2.75) is 71.6 Å². The molecule has 0 spiro atoms. The molecule has 2 aliphatic rings. The standard InChI is InChI=1S/C17H25N5S/c1-11(2)6-16-19-20-17-7-13-4-5-14(8-22(16)17)21(13)9-15-12(3)18-10-23-15/h10-11,13-14H,4-9H2,1-3H3. The largest absolute Gasteiger partial charge is 0.313 e. The highest BCUT2D eigenvalue weighted by molar-refractivity contribution is 7.09. The highest BCUT2D eigenvalue weighted by Gasteiger charge is 2.38. The summed E-state index contributed by atoms with van der Waals surface area (Å²) in [6.45, 7) is 8.73. The maximum absolute atomic E-state index is 4.51. The van der Waals surface area contributed by atoms with Gasteiger partial charge in [0.25, 0.3) is 0 Å². The van der Waals surface area contributed by atoms with Gasteiger partial charge in [0.05, 0.1) is 11.2 Å². The summed E-state index contributed by atoms with van der Waals surface area (Å²) in [5.41, 5.74) is 3.17. The summed E-state index contributed by atoms with van der Waals surface area (Å²) in [4.78, 5) is 8.54. The van der Waals surface area contributed by atoms with Crippen LogP contribution in [0.3, 0.4) is 0 Å². The van der Waals surface area contributed by atoms with Crippen LogP contribution in [0.4, 0.5) is 0 Å². The van der Waals surface area contributed by atoms with Gasteiger partial charge in [-0.3, -0.25) is 4.90 Å². The van der Waals surface area contributed by atoms with Crippen LogP contribution in [-0.2, 0) is 25.9 Å². The Hall–Kier alpha value is -1.27. The maximum atomic E-state index is 4.51. The number of thiazole rings is 1. The van der Waals surface area contributed by atoms with Crippen LogP contribution in [0.5, 0.6) is 0 Å². The Balaban J connectivity index is 1.58. The first kappa shape index (κ1) is 15.3. The lowest BCUT2D eigenvalue weighted by atomic mass is 10.1. The predicted octanol–water partition coefficient (Wildman–Crippen LogP) is 2.83. The van der Waals surface area contributed by atoms with Crippen LogP contribution in [0.1, 0.15) is 48.9 Å². The van der Waals surface area contributed by atoms with Crippen molar-refractivity contribution in [2.75, 3.05) is 0 Å². The molecule has 4 heterocycles. The Kier molecular flexibility index (Phi) is 3.97. The van der Waals surface area contributed by atoms with Gasteiger partial charge < -0.3 is 4.57 Å². The minimum Gasteiger partial charge on any atom is -0.313 e. The molecule has 1 fully saturated rings. The Labute approximate surface area is 141 Å². The second-order valence-electron chi connectivity index (χ2n) is 7.36. The molecule has 2 unspecified atom stereocenters. The van der Waals surface area contributed by atoms with Gasteiger partial charge in [-0.25, -0.2) is 4.98 Å². The molecule has 0 N–H and O–H groups in total. The summed E-state index contributed by atoms with van der Waals surface area (Å²) in [6, 6.07) is 1.23. The molecule has 0 amide bonds. The summed E-state index contributed by atoms with van der Waals surface area (Å²) < 4.78 is 2.41. The summed E-state index contributed by atoms with van der Waals surface area (Å²) >= 11 is 1.79. The van der Waals surface area contributed by atoms with Gasteiger partial charge in [0.2, 0.25) is 0 Å². The average molecular weight is 331 g/mol. The number of aryl methyl sites for hydroxylation is 1. The normalized spacial score (nSPS) is 24.2. The highest BCUT2D eigenvalue weighted by atomic mass is 32.1. The smallest absolute Gasteiger partial charge is 0.134 e. The molecule has 124 valence electrons. The average Bonchev–Trinajstić information content (AvgIpc) is 3.12. The lowest BCUT2D eigenvalue weighted by Crippen LogP contribution is -2.36. The Bertz CT molecular complexity index is 689. The third-order valence-electron chi connectivity index (χ3n) is 5.25. The molecule has 0 aromatic carbocycles. The van der Waals surface area contributed by atoms with Crippen LogP contribution in [0.15, 0.2) is 5.51 Å². The zero-order valence-corrected chi connectivity index (χ0v) is 15.0. The van der Waals surface area contributed by atoms with E-state index in [0.717, 1.165) is 25.9 Å². The van der Waals surface area contributed by atoms with Crippen molar-refractivity contribution in [1.29, 1.82) is 0 Å². The first-order valence-corrected chi connectivity index (χ1v) is 9.55. The zero-order chi connectivity index (χ0) is 16.0. The van der Waals surface area contributed by atoms with Crippen LogP contribution in [0.25, 0.3) is 0 Å². The van der Waals surface area contributed by atoms with Gasteiger partial charge in [0.15, 0.2) is 0 Å². The molecule has 2 aromatic rings. The third kappa shape index (κ3) is 2.83. The van der Waals surface area contributed by atoms with E-state index in [9.17, 15) is 0 Å². The molecule has 4 rings (SSSR count). The molecular weight excluding hydrogens is 306 g/mol. The number of rotatable bonds is 4. The summed E-state index contributed by atoms with van der Waals surface area (Å²) in [5.74, 6) is 3.00. The summed E-state index contributed by atoms with van der Waals surface area (Å²) in [7, 11) is 0. The molecule has 23 heavy (non-hydrogen) atoms. The van der Waals surface area contributed by atoms with Crippen LogP contribution in [0.2, 0.25) is 0 Å². The van der Waals surface area contributed by atoms with Crippen molar-refractivity contribution >= 4 is 11.3 Å². The molecule has 2 aromatic heterocycles. The van der Waals surface area contributed by atoms with Gasteiger partial charge >= 0.3 is 0 Å². The second kappa shape index (κ2) is 5.98. The number of fused-ring (bicyclic) bond motifs is 3. The fourth-order valence-corrected chi connectivity index (χ4v) is 4.79. The topological polar surface area (TPSA) is 46.8 Å². The van der Waals surface area contributed by atoms with E-state index in [1.807, 2.05) is 5.51 Å². The van der Waals surface area contributed by atoms with Crippen LogP contribution >= 0.6 is 11.3 Å². The monoisotopic (exact) mass is 331 g/mol. The van der Waals surface area contributed by atoms with Crippen molar-refractivity contribution in [2.24, 2.45) is 5.92 Å². The fraction of sp³-hybridized carbons (Fsp3) is 0.706. The van der Waals surface area contributed by atoms with Gasteiger partial charge in [0, 0.05) is 42.9 Å². The van der Waals surface area contributed by atoms with Gasteiger partial charge in [-0.05, 0) is 25.7 Å². The summed E-state index contributed by atoms with van der Waals surface area (Å²) in [6.07, 6.45) is 4.65. The molecular formula is C17H25N5S. The predicted molar refractivity (Wildman–Crippen MR) is 91.5 cm³/mol. The van der Waals surface area contributed by atoms with E-state index >= 15 is 0 Å². The molecule has 6 heteroatoms. The Morgan fingerprint density at radius 2 is 2.09 bits per heavy atom. The zero-order valence-electron chi connectivity index (χ0n) is 14.2. The molecule has 0 saturated carbocycles. The first-order valence-electron chi connectivity index (χ1n) is 8.67. The van der Waals surface area contributed by atoms with Crippen molar-refractivity contribution in [3.05, 3.63) is 27.7 Å². The quantitative estimate of drug-likeness (QED) is 0.864. The van der Waals surface area contributed by atoms with E-state index in [1.54, 1.807) is 11.3 Å². The molecule has 5 nitrogen and oxygen atoms in total. The third-order valence-corrected chi connectivity index (χ3v) is 6.17. The highest BCUT2D eigenvalue weighted by Crippen LogP contribution is 2.34. The molecule has 2 bridgehead atoms. The van der Waals surface area contributed by atoms with Gasteiger partial charge in [-0.1, -0.05) is 13.8 Å². The number of aromatic nitrogens is 4. The maximum Gasteiger partial charge on any atom is 0.134 e. The van der Waals surface area contributed by atoms with Crippen molar-refractivity contribution in [1.82, 2.24) is 24.6 Å².